The van der Waals surface area contributed by atoms with Crippen molar-refractivity contribution in [3.63, 3.8) is 0 Å². The molecule has 7 heteroatoms. The molecular formula is C6H10ClN3O3. The van der Waals surface area contributed by atoms with Crippen LogP contribution < -0.4 is 5.32 Å². The molecule has 0 heterocycles. The Labute approximate surface area is 79.9 Å². The zero-order valence-corrected chi connectivity index (χ0v) is 7.91. The van der Waals surface area contributed by atoms with Gasteiger partial charge in [-0.05, 0) is 13.8 Å². The third-order valence-corrected chi connectivity index (χ3v) is 1.27. The number of nitrogens with one attached hydrogen (secondary N) is 1. The van der Waals surface area contributed by atoms with E-state index in [1.807, 2.05) is 0 Å². The van der Waals surface area contributed by atoms with Gasteiger partial charge in [-0.1, -0.05) is 21.9 Å². The van der Waals surface area contributed by atoms with Crippen molar-refractivity contribution in [3.05, 3.63) is 0 Å². The molecule has 0 radical (unpaired) electrons. The van der Waals surface area contributed by atoms with Crippen LogP contribution in [0.25, 0.3) is 0 Å². The summed E-state index contributed by atoms with van der Waals surface area (Å²) in [4.78, 5) is 11.1. The number of hydrogen-bond acceptors (Lipinski definition) is 5. The zero-order chi connectivity index (χ0) is 10.4. The fourth-order valence-electron chi connectivity index (χ4n) is 0.558. The van der Waals surface area contributed by atoms with Crippen LogP contribution in [0.1, 0.15) is 13.8 Å². The molecule has 0 rings (SSSR count). The molecule has 0 aliphatic carbocycles. The monoisotopic (exact) mass is 207 g/mol. The molecule has 6 nitrogen and oxygen atoms in total. The Morgan fingerprint density at radius 1 is 1.38 bits per heavy atom. The SMILES string of the molecule is CC(C)NC(=O)C(=N\O)/C(Cl)=N/O. The predicted octanol–water partition coefficient (Wildman–Crippen LogP) is 0.368. The number of nitrogens with zero attached hydrogens (tertiary/aromatic N) is 2. The smallest absolute Gasteiger partial charge is 0.276 e. The van der Waals surface area contributed by atoms with Crippen molar-refractivity contribution in [2.45, 2.75) is 19.9 Å². The van der Waals surface area contributed by atoms with E-state index in [1.54, 1.807) is 13.8 Å². The lowest BCUT2D eigenvalue weighted by Gasteiger charge is -2.07. The van der Waals surface area contributed by atoms with Gasteiger partial charge in [0.2, 0.25) is 10.9 Å². The van der Waals surface area contributed by atoms with Crippen LogP contribution in [0.4, 0.5) is 0 Å². The molecule has 0 saturated heterocycles. The second kappa shape index (κ2) is 5.36. The van der Waals surface area contributed by atoms with E-state index in [-0.39, 0.29) is 6.04 Å². The fourth-order valence-corrected chi connectivity index (χ4v) is 0.682. The first-order chi connectivity index (χ1) is 6.02. The molecule has 0 unspecified atom stereocenters. The van der Waals surface area contributed by atoms with Gasteiger partial charge in [0.05, 0.1) is 0 Å². The highest BCUT2D eigenvalue weighted by molar-refractivity contribution is 6.92. The lowest BCUT2D eigenvalue weighted by atomic mass is 10.3. The first kappa shape index (κ1) is 11.7. The minimum atomic E-state index is -0.708. The number of hydrogen-bond donors (Lipinski definition) is 3. The van der Waals surface area contributed by atoms with Crippen molar-refractivity contribution in [3.8, 4) is 0 Å². The van der Waals surface area contributed by atoms with Crippen molar-refractivity contribution in [2.24, 2.45) is 10.3 Å². The summed E-state index contributed by atoms with van der Waals surface area (Å²) in [5, 5.41) is 23.5. The molecule has 0 fully saturated rings. The maximum Gasteiger partial charge on any atom is 0.276 e. The summed E-state index contributed by atoms with van der Waals surface area (Å²) < 4.78 is 0. The van der Waals surface area contributed by atoms with E-state index in [0.717, 1.165) is 0 Å². The van der Waals surface area contributed by atoms with Crippen LogP contribution >= 0.6 is 11.6 Å². The summed E-state index contributed by atoms with van der Waals surface area (Å²) in [6.45, 7) is 3.44. The topological polar surface area (TPSA) is 94.3 Å². The van der Waals surface area contributed by atoms with Crippen LogP contribution in [-0.4, -0.2) is 33.2 Å². The van der Waals surface area contributed by atoms with Gasteiger partial charge < -0.3 is 15.7 Å². The normalized spacial score (nSPS) is 13.2. The molecule has 0 aromatic rings. The molecule has 3 N–H and O–H groups in total. The molecule has 0 spiro atoms. The summed E-state index contributed by atoms with van der Waals surface area (Å²) in [6, 6.07) is -0.132. The highest BCUT2D eigenvalue weighted by Gasteiger charge is 2.18. The first-order valence-corrected chi connectivity index (χ1v) is 3.81. The molecule has 0 atom stereocenters. The lowest BCUT2D eigenvalue weighted by molar-refractivity contribution is -0.115. The maximum atomic E-state index is 11.1. The minimum Gasteiger partial charge on any atom is -0.410 e. The summed E-state index contributed by atoms with van der Waals surface area (Å²) >= 11 is 5.26. The number of carbonyl (C=O) groups is 1. The predicted molar refractivity (Wildman–Crippen MR) is 47.6 cm³/mol. The average Bonchev–Trinajstić information content (AvgIpc) is 2.03. The summed E-state index contributed by atoms with van der Waals surface area (Å²) in [6.07, 6.45) is 0. The molecular weight excluding hydrogens is 198 g/mol. The van der Waals surface area contributed by atoms with Gasteiger partial charge in [-0.2, -0.15) is 0 Å². The van der Waals surface area contributed by atoms with Crippen LogP contribution in [0.15, 0.2) is 10.3 Å². The Bertz CT molecular complexity index is 250. The maximum absolute atomic E-state index is 11.1. The van der Waals surface area contributed by atoms with E-state index in [9.17, 15) is 4.79 Å². The van der Waals surface area contributed by atoms with Crippen LogP contribution in [0, 0.1) is 0 Å². The third-order valence-electron chi connectivity index (χ3n) is 1.02. The zero-order valence-electron chi connectivity index (χ0n) is 7.15. The second-order valence-electron chi connectivity index (χ2n) is 2.47. The molecule has 0 aliphatic rings. The quantitative estimate of drug-likeness (QED) is 0.355. The average molecular weight is 208 g/mol. The summed E-state index contributed by atoms with van der Waals surface area (Å²) in [5.41, 5.74) is -0.530. The Kier molecular flexibility index (Phi) is 4.83. The summed E-state index contributed by atoms with van der Waals surface area (Å²) in [5.74, 6) is -0.708. The van der Waals surface area contributed by atoms with Crippen LogP contribution in [-0.2, 0) is 4.79 Å². The number of oxime groups is 2. The van der Waals surface area contributed by atoms with Crippen molar-refractivity contribution in [1.29, 1.82) is 0 Å². The second-order valence-corrected chi connectivity index (χ2v) is 2.83. The largest absolute Gasteiger partial charge is 0.410 e. The van der Waals surface area contributed by atoms with E-state index in [1.165, 1.54) is 0 Å². The van der Waals surface area contributed by atoms with E-state index >= 15 is 0 Å². The van der Waals surface area contributed by atoms with Gasteiger partial charge in [-0.3, -0.25) is 4.79 Å². The van der Waals surface area contributed by atoms with Gasteiger partial charge in [-0.15, -0.1) is 0 Å². The van der Waals surface area contributed by atoms with Crippen molar-refractivity contribution in [1.82, 2.24) is 5.32 Å². The lowest BCUT2D eigenvalue weighted by Crippen LogP contribution is -2.38. The van der Waals surface area contributed by atoms with Gasteiger partial charge in [0.1, 0.15) is 0 Å². The fraction of sp³-hybridized carbons (Fsp3) is 0.500. The highest BCUT2D eigenvalue weighted by Crippen LogP contribution is 1.91. The summed E-state index contributed by atoms with van der Waals surface area (Å²) in [7, 11) is 0. The Morgan fingerprint density at radius 3 is 2.23 bits per heavy atom. The Morgan fingerprint density at radius 2 is 1.92 bits per heavy atom. The first-order valence-electron chi connectivity index (χ1n) is 3.43. The van der Waals surface area contributed by atoms with Gasteiger partial charge in [0.15, 0.2) is 0 Å². The highest BCUT2D eigenvalue weighted by atomic mass is 35.5. The molecule has 74 valence electrons. The molecule has 0 bridgehead atoms. The number of halogens is 1. The van der Waals surface area contributed by atoms with Crippen LogP contribution in [0.2, 0.25) is 0 Å². The number of amides is 1. The van der Waals surface area contributed by atoms with Gasteiger partial charge in [0, 0.05) is 6.04 Å². The van der Waals surface area contributed by atoms with E-state index in [2.05, 4.69) is 15.6 Å². The van der Waals surface area contributed by atoms with Crippen molar-refractivity contribution in [2.75, 3.05) is 0 Å². The van der Waals surface area contributed by atoms with Gasteiger partial charge in [-0.25, -0.2) is 0 Å². The van der Waals surface area contributed by atoms with Gasteiger partial charge >= 0.3 is 0 Å². The molecule has 0 aromatic heterocycles. The molecule has 1 amide bonds. The van der Waals surface area contributed by atoms with Crippen molar-refractivity contribution >= 4 is 28.4 Å². The van der Waals surface area contributed by atoms with Gasteiger partial charge in [0.25, 0.3) is 5.91 Å². The van der Waals surface area contributed by atoms with Crippen LogP contribution in [0.3, 0.4) is 0 Å². The Hall–Kier alpha value is -1.30. The van der Waals surface area contributed by atoms with E-state index in [4.69, 9.17) is 22.0 Å². The van der Waals surface area contributed by atoms with E-state index in [0.29, 0.717) is 0 Å². The van der Waals surface area contributed by atoms with Crippen molar-refractivity contribution < 1.29 is 15.2 Å². The minimum absolute atomic E-state index is 0.132. The number of carbonyl (C=O) groups excluding carboxylic acids is 1. The third kappa shape index (κ3) is 3.75. The van der Waals surface area contributed by atoms with Crippen LogP contribution in [0.5, 0.6) is 0 Å². The molecule has 13 heavy (non-hydrogen) atoms. The molecule has 0 saturated carbocycles. The Balaban J connectivity index is 4.54. The molecule has 0 aromatic carbocycles. The molecule has 0 aliphatic heterocycles. The number of rotatable bonds is 3. The standard InChI is InChI=1S/C6H10ClN3O3/c1-3(2)8-6(11)4(9-12)5(7)10-13/h3,12-13H,1-2H3,(H,8,11)/b9-4-,10-5-. The van der Waals surface area contributed by atoms with E-state index < -0.39 is 16.8 Å².